The molecular weight excluding hydrogens is 583 g/mol. The molecular formula is C33H35FN4O5S. The van der Waals surface area contributed by atoms with Crippen molar-refractivity contribution in [3.05, 3.63) is 83.8 Å². The molecule has 9 nitrogen and oxygen atoms in total. The fraction of sp³-hybridized carbons (Fsp3) is 0.303. The van der Waals surface area contributed by atoms with Crippen molar-refractivity contribution in [1.82, 2.24) is 15.2 Å². The zero-order valence-electron chi connectivity index (χ0n) is 24.7. The van der Waals surface area contributed by atoms with E-state index in [1.54, 1.807) is 37.6 Å². The van der Waals surface area contributed by atoms with Crippen LogP contribution in [0.4, 0.5) is 10.1 Å². The largest absolute Gasteiger partial charge is 0.493 e. The lowest BCUT2D eigenvalue weighted by molar-refractivity contribution is -0.119. The van der Waals surface area contributed by atoms with Crippen molar-refractivity contribution < 1.29 is 28.1 Å². The Morgan fingerprint density at radius 3 is 2.68 bits per heavy atom. The van der Waals surface area contributed by atoms with Gasteiger partial charge in [0.05, 0.1) is 44.6 Å². The average Bonchev–Trinajstić information content (AvgIpc) is 3.02. The van der Waals surface area contributed by atoms with Crippen molar-refractivity contribution in [2.24, 2.45) is 0 Å². The second kappa shape index (κ2) is 14.9. The summed E-state index contributed by atoms with van der Waals surface area (Å²) in [6.45, 7) is 6.76. The first-order chi connectivity index (χ1) is 21.4. The quantitative estimate of drug-likeness (QED) is 0.164. The molecule has 4 aromatic rings. The van der Waals surface area contributed by atoms with Gasteiger partial charge in [-0.3, -0.25) is 14.7 Å². The van der Waals surface area contributed by atoms with Crippen LogP contribution in [-0.4, -0.2) is 67.5 Å². The fourth-order valence-electron chi connectivity index (χ4n) is 4.91. The van der Waals surface area contributed by atoms with E-state index in [0.29, 0.717) is 34.8 Å². The first kappa shape index (κ1) is 31.1. The highest BCUT2D eigenvalue weighted by molar-refractivity contribution is 7.80. The Balaban J connectivity index is 1.28. The Labute approximate surface area is 261 Å². The summed E-state index contributed by atoms with van der Waals surface area (Å²) in [6, 6.07) is 17.2. The van der Waals surface area contributed by atoms with Crippen LogP contribution in [0.3, 0.4) is 0 Å². The first-order valence-corrected chi connectivity index (χ1v) is 14.8. The molecule has 1 aromatic heterocycles. The molecule has 1 fully saturated rings. The smallest absolute Gasteiger partial charge is 0.230 e. The first-order valence-electron chi connectivity index (χ1n) is 14.4. The number of fused-ring (bicyclic) bond motifs is 1. The lowest BCUT2D eigenvalue weighted by Crippen LogP contribution is -2.37. The van der Waals surface area contributed by atoms with E-state index in [1.165, 1.54) is 12.1 Å². The molecule has 1 aliphatic heterocycles. The second-order valence-electron chi connectivity index (χ2n) is 10.3. The molecule has 0 unspecified atom stereocenters. The number of thiocarbonyl (C=S) groups is 1. The molecule has 230 valence electrons. The summed E-state index contributed by atoms with van der Waals surface area (Å²) in [4.78, 5) is 19.4. The molecule has 0 aliphatic carbocycles. The van der Waals surface area contributed by atoms with E-state index in [2.05, 4.69) is 20.5 Å². The number of pyridine rings is 1. The van der Waals surface area contributed by atoms with Gasteiger partial charge in [-0.15, -0.1) is 0 Å². The van der Waals surface area contributed by atoms with Crippen LogP contribution >= 0.6 is 12.2 Å². The maximum Gasteiger partial charge on any atom is 0.230 e. The van der Waals surface area contributed by atoms with Gasteiger partial charge in [0, 0.05) is 37.3 Å². The van der Waals surface area contributed by atoms with Crippen LogP contribution in [0.25, 0.3) is 10.9 Å². The van der Waals surface area contributed by atoms with E-state index in [-0.39, 0.29) is 28.9 Å². The number of carbonyl (C=O) groups is 1. The van der Waals surface area contributed by atoms with Crippen LogP contribution in [-0.2, 0) is 16.0 Å². The molecule has 44 heavy (non-hydrogen) atoms. The number of halogens is 1. The molecule has 2 heterocycles. The summed E-state index contributed by atoms with van der Waals surface area (Å²) in [7, 11) is 1.56. The van der Waals surface area contributed by atoms with E-state index < -0.39 is 5.82 Å². The number of nitrogens with one attached hydrogen (secondary N) is 2. The highest BCUT2D eigenvalue weighted by Crippen LogP contribution is 2.39. The average molecular weight is 619 g/mol. The Hall–Kier alpha value is -4.32. The third kappa shape index (κ3) is 7.98. The van der Waals surface area contributed by atoms with Crippen molar-refractivity contribution in [2.45, 2.75) is 19.8 Å². The number of anilines is 1. The molecule has 1 aliphatic rings. The molecule has 11 heteroatoms. The standard InChI is InChI=1S/C33H35FN4O5S/c1-22-7-3-4-8-23(22)19-31(39)37-33(44)36-26-10-5-9-25(34)32(26)43-28-11-12-35-27-21-30(29(40-2)20-24(27)28)42-16-6-13-38-14-17-41-18-15-38/h3-5,7-12,20-21H,6,13-19H2,1-2H3,(H2,36,37,39,44). The number of amides is 1. The highest BCUT2D eigenvalue weighted by Gasteiger charge is 2.18. The number of para-hydroxylation sites is 1. The maximum absolute atomic E-state index is 15.1. The fourth-order valence-corrected chi connectivity index (χ4v) is 5.14. The summed E-state index contributed by atoms with van der Waals surface area (Å²) in [6.07, 6.45) is 2.59. The van der Waals surface area contributed by atoms with Gasteiger partial charge in [-0.1, -0.05) is 30.3 Å². The predicted molar refractivity (Wildman–Crippen MR) is 171 cm³/mol. The van der Waals surface area contributed by atoms with E-state index >= 15 is 4.39 Å². The van der Waals surface area contributed by atoms with Gasteiger partial charge in [0.15, 0.2) is 28.2 Å². The summed E-state index contributed by atoms with van der Waals surface area (Å²) in [5, 5.41) is 6.19. The van der Waals surface area contributed by atoms with Crippen molar-refractivity contribution in [3.8, 4) is 23.0 Å². The number of aryl methyl sites for hydroxylation is 1. The van der Waals surface area contributed by atoms with Gasteiger partial charge in [0.1, 0.15) is 5.75 Å². The SMILES string of the molecule is COc1cc2c(Oc3c(F)cccc3NC(=S)NC(=O)Cc3ccccc3C)ccnc2cc1OCCCN1CCOCC1. The van der Waals surface area contributed by atoms with Crippen molar-refractivity contribution in [1.29, 1.82) is 0 Å². The summed E-state index contributed by atoms with van der Waals surface area (Å²) < 4.78 is 38.3. The van der Waals surface area contributed by atoms with Crippen molar-refractivity contribution in [2.75, 3.05) is 51.9 Å². The zero-order valence-corrected chi connectivity index (χ0v) is 25.5. The normalized spacial score (nSPS) is 13.3. The summed E-state index contributed by atoms with van der Waals surface area (Å²) >= 11 is 5.36. The van der Waals surface area contributed by atoms with Gasteiger partial charge in [0.2, 0.25) is 5.91 Å². The number of ether oxygens (including phenoxy) is 4. The molecule has 1 amide bonds. The monoisotopic (exact) mass is 618 g/mol. The predicted octanol–water partition coefficient (Wildman–Crippen LogP) is 5.64. The van der Waals surface area contributed by atoms with E-state index in [9.17, 15) is 4.79 Å². The van der Waals surface area contributed by atoms with Gasteiger partial charge >= 0.3 is 0 Å². The molecule has 1 saturated heterocycles. The van der Waals surface area contributed by atoms with Crippen LogP contribution in [0, 0.1) is 12.7 Å². The lowest BCUT2D eigenvalue weighted by atomic mass is 10.1. The lowest BCUT2D eigenvalue weighted by Gasteiger charge is -2.26. The molecule has 0 atom stereocenters. The Kier molecular flexibility index (Phi) is 10.5. The van der Waals surface area contributed by atoms with E-state index in [1.807, 2.05) is 31.2 Å². The molecule has 0 spiro atoms. The summed E-state index contributed by atoms with van der Waals surface area (Å²) in [5.41, 5.74) is 2.75. The molecule has 0 bridgehead atoms. The number of methoxy groups -OCH3 is 1. The number of hydrogen-bond acceptors (Lipinski definition) is 8. The van der Waals surface area contributed by atoms with Crippen LogP contribution in [0.5, 0.6) is 23.0 Å². The third-order valence-corrected chi connectivity index (χ3v) is 7.46. The van der Waals surface area contributed by atoms with Crippen LogP contribution in [0.15, 0.2) is 66.9 Å². The number of benzene rings is 3. The highest BCUT2D eigenvalue weighted by atomic mass is 32.1. The topological polar surface area (TPSA) is 94.2 Å². The number of nitrogens with zero attached hydrogens (tertiary/aromatic N) is 2. The van der Waals surface area contributed by atoms with Crippen LogP contribution in [0.1, 0.15) is 17.5 Å². The summed E-state index contributed by atoms with van der Waals surface area (Å²) in [5.74, 6) is 0.439. The molecule has 2 N–H and O–H groups in total. The molecule has 5 rings (SSSR count). The Bertz CT molecular complexity index is 1630. The second-order valence-corrected chi connectivity index (χ2v) is 10.7. The van der Waals surface area contributed by atoms with Gasteiger partial charge in [-0.2, -0.15) is 0 Å². The van der Waals surface area contributed by atoms with Gasteiger partial charge in [0.25, 0.3) is 0 Å². The minimum atomic E-state index is -0.610. The number of hydrogen-bond donors (Lipinski definition) is 2. The Morgan fingerprint density at radius 2 is 1.89 bits per heavy atom. The van der Waals surface area contributed by atoms with Gasteiger partial charge in [-0.05, 0) is 61.0 Å². The molecule has 0 radical (unpaired) electrons. The number of rotatable bonds is 11. The van der Waals surface area contributed by atoms with Crippen molar-refractivity contribution >= 4 is 39.8 Å². The zero-order chi connectivity index (χ0) is 30.9. The van der Waals surface area contributed by atoms with Gasteiger partial charge in [-0.25, -0.2) is 4.39 Å². The van der Waals surface area contributed by atoms with Crippen LogP contribution < -0.4 is 24.8 Å². The molecule has 3 aromatic carbocycles. The molecule has 0 saturated carbocycles. The van der Waals surface area contributed by atoms with Crippen LogP contribution in [0.2, 0.25) is 0 Å². The Morgan fingerprint density at radius 1 is 1.07 bits per heavy atom. The number of carbonyl (C=O) groups excluding carboxylic acids is 1. The third-order valence-electron chi connectivity index (χ3n) is 7.26. The minimum absolute atomic E-state index is 0.0238. The number of morpholine rings is 1. The van der Waals surface area contributed by atoms with E-state index in [4.69, 9.17) is 31.2 Å². The van der Waals surface area contributed by atoms with Crippen molar-refractivity contribution in [3.63, 3.8) is 0 Å². The number of aromatic nitrogens is 1. The minimum Gasteiger partial charge on any atom is -0.493 e. The maximum atomic E-state index is 15.1. The van der Waals surface area contributed by atoms with Gasteiger partial charge < -0.3 is 29.6 Å². The van der Waals surface area contributed by atoms with E-state index in [0.717, 1.165) is 50.4 Å².